The van der Waals surface area contributed by atoms with Gasteiger partial charge in [-0.2, -0.15) is 0 Å². The second-order valence-corrected chi connectivity index (χ2v) is 7.79. The summed E-state index contributed by atoms with van der Waals surface area (Å²) in [7, 11) is 1.68. The number of ether oxygens (including phenoxy) is 2. The van der Waals surface area contributed by atoms with Crippen molar-refractivity contribution in [2.75, 3.05) is 26.8 Å². The summed E-state index contributed by atoms with van der Waals surface area (Å²) in [5.41, 5.74) is 3.60. The van der Waals surface area contributed by atoms with Crippen LogP contribution in [0.15, 0.2) is 72.8 Å². The molecule has 4 rings (SSSR count). The van der Waals surface area contributed by atoms with E-state index in [2.05, 4.69) is 34.1 Å². The molecule has 0 saturated carbocycles. The fraction of sp³-hybridized carbons (Fsp3) is 0.308. The smallest absolute Gasteiger partial charge is 0.123 e. The zero-order valence-corrected chi connectivity index (χ0v) is 18.1. The van der Waals surface area contributed by atoms with Gasteiger partial charge in [0.25, 0.3) is 0 Å². The standard InChI is InChI=1S/C26H29FN2O2/c1-3-31-25-12-6-21(7-13-25)19-29-17-16-28(18-20-4-10-23(27)11-5-20)26(29)22-8-14-24(30-2)15-9-22/h4-15,26H,3,16-19H2,1-2H3/t26-/m1/s1. The van der Waals surface area contributed by atoms with Crippen molar-refractivity contribution in [3.8, 4) is 11.5 Å². The van der Waals surface area contributed by atoms with Gasteiger partial charge in [0.15, 0.2) is 0 Å². The highest BCUT2D eigenvalue weighted by Gasteiger charge is 2.33. The summed E-state index contributed by atoms with van der Waals surface area (Å²) in [5, 5.41) is 0. The number of nitrogens with zero attached hydrogens (tertiary/aromatic N) is 2. The van der Waals surface area contributed by atoms with E-state index in [1.807, 2.05) is 43.3 Å². The summed E-state index contributed by atoms with van der Waals surface area (Å²) in [4.78, 5) is 4.94. The van der Waals surface area contributed by atoms with Gasteiger partial charge in [0, 0.05) is 26.2 Å². The van der Waals surface area contributed by atoms with E-state index in [0.29, 0.717) is 6.61 Å². The van der Waals surface area contributed by atoms with Crippen molar-refractivity contribution in [1.82, 2.24) is 9.80 Å². The van der Waals surface area contributed by atoms with Crippen molar-refractivity contribution in [1.29, 1.82) is 0 Å². The van der Waals surface area contributed by atoms with Gasteiger partial charge in [-0.25, -0.2) is 4.39 Å². The Morgan fingerprint density at radius 1 is 0.774 bits per heavy atom. The molecule has 0 radical (unpaired) electrons. The minimum atomic E-state index is -0.200. The van der Waals surface area contributed by atoms with E-state index >= 15 is 0 Å². The third-order valence-electron chi connectivity index (χ3n) is 5.70. The lowest BCUT2D eigenvalue weighted by atomic mass is 10.1. The van der Waals surface area contributed by atoms with Gasteiger partial charge in [0.05, 0.1) is 19.9 Å². The monoisotopic (exact) mass is 420 g/mol. The normalized spacial score (nSPS) is 17.1. The fourth-order valence-corrected chi connectivity index (χ4v) is 4.18. The van der Waals surface area contributed by atoms with Gasteiger partial charge in [-0.1, -0.05) is 36.4 Å². The summed E-state index contributed by atoms with van der Waals surface area (Å²) in [5.74, 6) is 1.55. The van der Waals surface area contributed by atoms with Crippen LogP contribution in [-0.2, 0) is 13.1 Å². The molecular formula is C26H29FN2O2. The molecule has 5 heteroatoms. The summed E-state index contributed by atoms with van der Waals surface area (Å²) in [6, 6.07) is 23.5. The lowest BCUT2D eigenvalue weighted by Crippen LogP contribution is -2.30. The molecule has 1 heterocycles. The predicted molar refractivity (Wildman–Crippen MR) is 121 cm³/mol. The van der Waals surface area contributed by atoms with Crippen LogP contribution in [0.25, 0.3) is 0 Å². The largest absolute Gasteiger partial charge is 0.497 e. The SMILES string of the molecule is CCOc1ccc(CN2CCN(Cc3ccc(F)cc3)[C@H]2c2ccc(OC)cc2)cc1. The molecule has 4 nitrogen and oxygen atoms in total. The highest BCUT2D eigenvalue weighted by atomic mass is 19.1. The Balaban J connectivity index is 1.56. The molecule has 1 aliphatic heterocycles. The number of rotatable bonds is 8. The van der Waals surface area contributed by atoms with Crippen molar-refractivity contribution < 1.29 is 13.9 Å². The molecule has 0 aromatic heterocycles. The maximum Gasteiger partial charge on any atom is 0.123 e. The highest BCUT2D eigenvalue weighted by Crippen LogP contribution is 2.33. The fourth-order valence-electron chi connectivity index (χ4n) is 4.18. The summed E-state index contributed by atoms with van der Waals surface area (Å²) >= 11 is 0. The molecule has 0 N–H and O–H groups in total. The van der Waals surface area contributed by atoms with Crippen LogP contribution in [0.3, 0.4) is 0 Å². The Kier molecular flexibility index (Phi) is 6.85. The number of hydrogen-bond acceptors (Lipinski definition) is 4. The lowest BCUT2D eigenvalue weighted by molar-refractivity contribution is 0.125. The second-order valence-electron chi connectivity index (χ2n) is 7.79. The van der Waals surface area contributed by atoms with Crippen LogP contribution in [-0.4, -0.2) is 36.6 Å². The lowest BCUT2D eigenvalue weighted by Gasteiger charge is -2.31. The van der Waals surface area contributed by atoms with Crippen molar-refractivity contribution in [3.63, 3.8) is 0 Å². The minimum Gasteiger partial charge on any atom is -0.497 e. The van der Waals surface area contributed by atoms with Crippen LogP contribution >= 0.6 is 0 Å². The third-order valence-corrected chi connectivity index (χ3v) is 5.70. The number of hydrogen-bond donors (Lipinski definition) is 0. The number of halogens is 1. The molecule has 1 aliphatic rings. The maximum absolute atomic E-state index is 13.4. The Labute approximate surface area is 183 Å². The molecule has 0 unspecified atom stereocenters. The predicted octanol–water partition coefficient (Wildman–Crippen LogP) is 5.25. The third kappa shape index (κ3) is 5.24. The van der Waals surface area contributed by atoms with E-state index in [9.17, 15) is 4.39 Å². The molecular weight excluding hydrogens is 391 g/mol. The van der Waals surface area contributed by atoms with E-state index in [0.717, 1.165) is 43.2 Å². The highest BCUT2D eigenvalue weighted by molar-refractivity contribution is 5.31. The van der Waals surface area contributed by atoms with Crippen molar-refractivity contribution in [3.05, 3.63) is 95.3 Å². The zero-order valence-electron chi connectivity index (χ0n) is 18.1. The molecule has 3 aromatic rings. The van der Waals surface area contributed by atoms with Crippen molar-refractivity contribution in [2.24, 2.45) is 0 Å². The Morgan fingerprint density at radius 3 is 1.81 bits per heavy atom. The first-order valence-electron chi connectivity index (χ1n) is 10.7. The molecule has 162 valence electrons. The van der Waals surface area contributed by atoms with Crippen LogP contribution < -0.4 is 9.47 Å². The van der Waals surface area contributed by atoms with E-state index in [-0.39, 0.29) is 12.0 Å². The van der Waals surface area contributed by atoms with Crippen LogP contribution in [0.5, 0.6) is 11.5 Å². The van der Waals surface area contributed by atoms with E-state index in [1.165, 1.54) is 23.3 Å². The van der Waals surface area contributed by atoms with Crippen molar-refractivity contribution >= 4 is 0 Å². The molecule has 3 aromatic carbocycles. The van der Waals surface area contributed by atoms with Gasteiger partial charge < -0.3 is 9.47 Å². The molecule has 0 spiro atoms. The topological polar surface area (TPSA) is 24.9 Å². The van der Waals surface area contributed by atoms with Gasteiger partial charge >= 0.3 is 0 Å². The molecule has 1 atom stereocenters. The van der Waals surface area contributed by atoms with E-state index < -0.39 is 0 Å². The minimum absolute atomic E-state index is 0.141. The Bertz CT molecular complexity index is 958. The zero-order chi connectivity index (χ0) is 21.6. The van der Waals surface area contributed by atoms with Gasteiger partial charge in [0.1, 0.15) is 17.3 Å². The summed E-state index contributed by atoms with van der Waals surface area (Å²) in [6.45, 7) is 6.20. The van der Waals surface area contributed by atoms with Gasteiger partial charge in [-0.3, -0.25) is 9.80 Å². The average molecular weight is 421 g/mol. The van der Waals surface area contributed by atoms with E-state index in [1.54, 1.807) is 7.11 Å². The molecule has 1 fully saturated rings. The summed E-state index contributed by atoms with van der Waals surface area (Å²) < 4.78 is 24.3. The van der Waals surface area contributed by atoms with Crippen LogP contribution in [0.2, 0.25) is 0 Å². The van der Waals surface area contributed by atoms with E-state index in [4.69, 9.17) is 9.47 Å². The molecule has 0 bridgehead atoms. The van der Waals surface area contributed by atoms with Gasteiger partial charge in [-0.15, -0.1) is 0 Å². The number of benzene rings is 3. The Hall–Kier alpha value is -2.89. The first kappa shape index (κ1) is 21.3. The first-order valence-corrected chi connectivity index (χ1v) is 10.7. The maximum atomic E-state index is 13.4. The summed E-state index contributed by atoms with van der Waals surface area (Å²) in [6.07, 6.45) is 0.141. The van der Waals surface area contributed by atoms with Crippen LogP contribution in [0.1, 0.15) is 29.8 Å². The van der Waals surface area contributed by atoms with Crippen LogP contribution in [0.4, 0.5) is 4.39 Å². The van der Waals surface area contributed by atoms with Gasteiger partial charge in [0.2, 0.25) is 0 Å². The quantitative estimate of drug-likeness (QED) is 0.497. The average Bonchev–Trinajstić information content (AvgIpc) is 3.18. The molecule has 0 aliphatic carbocycles. The number of methoxy groups -OCH3 is 1. The first-order chi connectivity index (χ1) is 15.2. The Morgan fingerprint density at radius 2 is 1.29 bits per heavy atom. The van der Waals surface area contributed by atoms with Crippen LogP contribution in [0, 0.1) is 5.82 Å². The van der Waals surface area contributed by atoms with Crippen molar-refractivity contribution in [2.45, 2.75) is 26.2 Å². The molecule has 1 saturated heterocycles. The molecule has 0 amide bonds. The molecule has 31 heavy (non-hydrogen) atoms. The second kappa shape index (κ2) is 9.94. The van der Waals surface area contributed by atoms with Gasteiger partial charge in [-0.05, 0) is 60.0 Å².